The summed E-state index contributed by atoms with van der Waals surface area (Å²) in [5, 5.41) is 7.25. The van der Waals surface area contributed by atoms with Gasteiger partial charge in [-0.05, 0) is 71.8 Å². The van der Waals surface area contributed by atoms with Gasteiger partial charge >= 0.3 is 0 Å². The molecule has 14 aromatic rings. The number of hydrogen-bond acceptors (Lipinski definition) is 3. The van der Waals surface area contributed by atoms with E-state index in [1.165, 1.54) is 54.4 Å². The lowest BCUT2D eigenvalue weighted by molar-refractivity contribution is 1.07. The minimum atomic E-state index is 0.630. The molecule has 0 N–H and O–H groups in total. The Hall–Kier alpha value is -9.39. The van der Waals surface area contributed by atoms with Crippen molar-refractivity contribution in [1.29, 1.82) is 0 Å². The van der Waals surface area contributed by atoms with Gasteiger partial charge in [-0.1, -0.05) is 182 Å². The van der Waals surface area contributed by atoms with E-state index in [-0.39, 0.29) is 0 Å². The summed E-state index contributed by atoms with van der Waals surface area (Å²) in [5.74, 6) is 1.92. The van der Waals surface area contributed by atoms with Gasteiger partial charge in [0.1, 0.15) is 0 Å². The largest absolute Gasteiger partial charge is 0.308 e. The highest BCUT2D eigenvalue weighted by Crippen LogP contribution is 2.50. The molecule has 0 saturated carbocycles. The summed E-state index contributed by atoms with van der Waals surface area (Å²) in [4.78, 5) is 15.0. The van der Waals surface area contributed by atoms with E-state index in [0.717, 1.165) is 55.9 Å². The lowest BCUT2D eigenvalue weighted by Gasteiger charge is -2.13. The van der Waals surface area contributed by atoms with E-state index in [1.54, 1.807) is 0 Å². The highest BCUT2D eigenvalue weighted by Gasteiger charge is 2.29. The first-order chi connectivity index (χ1) is 34.3. The SMILES string of the molecule is c1ccc(-c2nc(-c3ccccc3)nc(-c3ccc(-c4ccc5c(c4)c4c6c(c7ccccc7n6-c6ccccc6)c6c(c7ccccc7n6-c6ccccc6)c4n5-c4ccccc4)cc3)n2)cc1. The third-order valence-corrected chi connectivity index (χ3v) is 13.6. The van der Waals surface area contributed by atoms with Gasteiger partial charge in [0.2, 0.25) is 0 Å². The van der Waals surface area contributed by atoms with Crippen LogP contribution in [-0.2, 0) is 0 Å². The van der Waals surface area contributed by atoms with Crippen LogP contribution in [-0.4, -0.2) is 28.7 Å². The topological polar surface area (TPSA) is 53.5 Å². The van der Waals surface area contributed by atoms with Crippen LogP contribution in [0.3, 0.4) is 0 Å². The van der Waals surface area contributed by atoms with Crippen molar-refractivity contribution in [2.24, 2.45) is 0 Å². The molecule has 0 aliphatic heterocycles. The van der Waals surface area contributed by atoms with Crippen LogP contribution in [0.15, 0.2) is 243 Å². The Morgan fingerprint density at radius 2 is 0.536 bits per heavy atom. The lowest BCUT2D eigenvalue weighted by Crippen LogP contribution is -2.00. The van der Waals surface area contributed by atoms with Gasteiger partial charge < -0.3 is 13.7 Å². The molecule has 69 heavy (non-hydrogen) atoms. The fourth-order valence-electron chi connectivity index (χ4n) is 10.7. The summed E-state index contributed by atoms with van der Waals surface area (Å²) in [7, 11) is 0. The number of rotatable bonds is 7. The van der Waals surface area contributed by atoms with Crippen LogP contribution in [0.2, 0.25) is 0 Å². The van der Waals surface area contributed by atoms with E-state index >= 15 is 0 Å². The van der Waals surface area contributed by atoms with Crippen LogP contribution in [0.1, 0.15) is 0 Å². The zero-order valence-corrected chi connectivity index (χ0v) is 37.3. The lowest BCUT2D eigenvalue weighted by atomic mass is 9.99. The molecular weight excluding hydrogens is 841 g/mol. The fourth-order valence-corrected chi connectivity index (χ4v) is 10.7. The highest BCUT2D eigenvalue weighted by molar-refractivity contribution is 6.40. The standard InChI is InChI=1S/C63H40N6/c1-6-20-42(21-7-1)61-64-62(43-22-8-2-9-23-43)66-63(65-61)44-36-34-41(35-37-44)45-38-39-54-51(40-45)57-59-55(50-31-17-19-33-53(50)68(59)47-26-12-4-13-27-47)58-56(60(57)69(54)48-28-14-5-15-29-48)49-30-16-18-32-52(49)67(58)46-24-10-3-11-25-46/h1-40H. The molecule has 0 spiro atoms. The predicted molar refractivity (Wildman–Crippen MR) is 285 cm³/mol. The minimum absolute atomic E-state index is 0.630. The summed E-state index contributed by atoms with van der Waals surface area (Å²) in [6.45, 7) is 0. The quantitative estimate of drug-likeness (QED) is 0.160. The number of hydrogen-bond donors (Lipinski definition) is 0. The summed E-state index contributed by atoms with van der Waals surface area (Å²) < 4.78 is 7.49. The molecule has 0 radical (unpaired) electrons. The van der Waals surface area contributed by atoms with E-state index < -0.39 is 0 Å². The van der Waals surface area contributed by atoms with Crippen LogP contribution in [0, 0.1) is 0 Å². The first-order valence-electron chi connectivity index (χ1n) is 23.4. The van der Waals surface area contributed by atoms with Crippen molar-refractivity contribution in [3.05, 3.63) is 243 Å². The Balaban J connectivity index is 1.08. The minimum Gasteiger partial charge on any atom is -0.308 e. The second-order valence-electron chi connectivity index (χ2n) is 17.6. The maximum absolute atomic E-state index is 5.03. The average Bonchev–Trinajstić information content (AvgIpc) is 4.08. The Morgan fingerprint density at radius 3 is 0.957 bits per heavy atom. The van der Waals surface area contributed by atoms with Crippen LogP contribution in [0.5, 0.6) is 0 Å². The first-order valence-corrected chi connectivity index (χ1v) is 23.4. The first kappa shape index (κ1) is 38.8. The van der Waals surface area contributed by atoms with Crippen LogP contribution < -0.4 is 0 Å². The second-order valence-corrected chi connectivity index (χ2v) is 17.6. The predicted octanol–water partition coefficient (Wildman–Crippen LogP) is 15.8. The molecule has 10 aromatic carbocycles. The third-order valence-electron chi connectivity index (χ3n) is 13.6. The number of aromatic nitrogens is 6. The summed E-state index contributed by atoms with van der Waals surface area (Å²) in [5.41, 5.74) is 15.4. The van der Waals surface area contributed by atoms with Crippen molar-refractivity contribution in [3.63, 3.8) is 0 Å². The van der Waals surface area contributed by atoms with Crippen molar-refractivity contribution < 1.29 is 0 Å². The van der Waals surface area contributed by atoms with Crippen LogP contribution in [0.25, 0.3) is 128 Å². The van der Waals surface area contributed by atoms with Crippen molar-refractivity contribution in [1.82, 2.24) is 28.7 Å². The van der Waals surface area contributed by atoms with E-state index in [0.29, 0.717) is 17.5 Å². The van der Waals surface area contributed by atoms with E-state index in [4.69, 9.17) is 15.0 Å². The maximum atomic E-state index is 5.03. The molecule has 14 rings (SSSR count). The fraction of sp³-hybridized carbons (Fsp3) is 0. The Kier molecular flexibility index (Phi) is 8.79. The Bertz CT molecular complexity index is 4150. The molecule has 0 unspecified atom stereocenters. The zero-order chi connectivity index (χ0) is 45.4. The van der Waals surface area contributed by atoms with Crippen molar-refractivity contribution in [2.45, 2.75) is 0 Å². The monoisotopic (exact) mass is 880 g/mol. The van der Waals surface area contributed by atoms with E-state index in [1.807, 2.05) is 60.7 Å². The molecule has 6 heteroatoms. The summed E-state index contributed by atoms with van der Waals surface area (Å²) in [6.07, 6.45) is 0. The van der Waals surface area contributed by atoms with Crippen molar-refractivity contribution >= 4 is 65.4 Å². The molecule has 0 saturated heterocycles. The van der Waals surface area contributed by atoms with Crippen LogP contribution in [0.4, 0.5) is 0 Å². The molecule has 0 aliphatic carbocycles. The summed E-state index contributed by atoms with van der Waals surface area (Å²) >= 11 is 0. The second kappa shape index (κ2) is 15.6. The summed E-state index contributed by atoms with van der Waals surface area (Å²) in [6, 6.07) is 86.3. The molecule has 0 aliphatic rings. The van der Waals surface area contributed by atoms with E-state index in [2.05, 4.69) is 196 Å². The molecular formula is C63H40N6. The van der Waals surface area contributed by atoms with E-state index in [9.17, 15) is 0 Å². The molecule has 0 atom stereocenters. The normalized spacial score (nSPS) is 11.8. The zero-order valence-electron chi connectivity index (χ0n) is 37.3. The molecule has 6 nitrogen and oxygen atoms in total. The van der Waals surface area contributed by atoms with Gasteiger partial charge in [0.05, 0.1) is 33.1 Å². The molecule has 0 fully saturated rings. The molecule has 4 heterocycles. The number of fused-ring (bicyclic) bond motifs is 12. The maximum Gasteiger partial charge on any atom is 0.164 e. The van der Waals surface area contributed by atoms with Gasteiger partial charge in [0, 0.05) is 66.1 Å². The van der Waals surface area contributed by atoms with Gasteiger partial charge in [0.15, 0.2) is 17.5 Å². The molecule has 0 bridgehead atoms. The van der Waals surface area contributed by atoms with Gasteiger partial charge in [-0.25, -0.2) is 15.0 Å². The molecule has 4 aromatic heterocycles. The number of para-hydroxylation sites is 5. The molecule has 0 amide bonds. The number of benzene rings is 10. The Morgan fingerprint density at radius 1 is 0.232 bits per heavy atom. The van der Waals surface area contributed by atoms with Crippen LogP contribution >= 0.6 is 0 Å². The van der Waals surface area contributed by atoms with Gasteiger partial charge in [-0.3, -0.25) is 0 Å². The smallest absolute Gasteiger partial charge is 0.164 e. The highest BCUT2D eigenvalue weighted by atomic mass is 15.1. The average molecular weight is 881 g/mol. The number of nitrogens with zero attached hydrogens (tertiary/aromatic N) is 6. The van der Waals surface area contributed by atoms with Crippen molar-refractivity contribution in [3.8, 4) is 62.4 Å². The van der Waals surface area contributed by atoms with Gasteiger partial charge in [0.25, 0.3) is 0 Å². The van der Waals surface area contributed by atoms with Gasteiger partial charge in [-0.2, -0.15) is 0 Å². The van der Waals surface area contributed by atoms with Crippen molar-refractivity contribution in [2.75, 3.05) is 0 Å². The van der Waals surface area contributed by atoms with Gasteiger partial charge in [-0.15, -0.1) is 0 Å². The third kappa shape index (κ3) is 6.09. The Labute approximate surface area is 397 Å². The molecule has 322 valence electrons.